The highest BCUT2D eigenvalue weighted by atomic mass is 15.3. The lowest BCUT2D eigenvalue weighted by atomic mass is 10.0. The standard InChI is InChI=1S/C20H23N5/c1-13(2)16-6-9-17(10-7-16)23-20-24-19(12-21-25-20)22-18-8-5-14(3)15(4)11-18/h5-13H,1-4H3,(H2,22,23,24,25). The third-order valence-corrected chi connectivity index (χ3v) is 4.17. The summed E-state index contributed by atoms with van der Waals surface area (Å²) in [5.74, 6) is 1.63. The third-order valence-electron chi connectivity index (χ3n) is 4.17. The Hall–Kier alpha value is -2.95. The van der Waals surface area contributed by atoms with Crippen LogP contribution in [0.25, 0.3) is 0 Å². The second-order valence-electron chi connectivity index (χ2n) is 6.49. The van der Waals surface area contributed by atoms with E-state index in [2.05, 4.69) is 77.8 Å². The van der Waals surface area contributed by atoms with E-state index in [0.29, 0.717) is 17.7 Å². The number of rotatable bonds is 5. The van der Waals surface area contributed by atoms with Gasteiger partial charge in [0.05, 0.1) is 6.20 Å². The molecule has 2 N–H and O–H groups in total. The number of aryl methyl sites for hydroxylation is 2. The second kappa shape index (κ2) is 7.30. The van der Waals surface area contributed by atoms with Gasteiger partial charge in [-0.1, -0.05) is 32.0 Å². The first-order valence-electron chi connectivity index (χ1n) is 8.42. The van der Waals surface area contributed by atoms with Gasteiger partial charge in [0, 0.05) is 11.4 Å². The summed E-state index contributed by atoms with van der Waals surface area (Å²) < 4.78 is 0. The number of benzene rings is 2. The van der Waals surface area contributed by atoms with Crippen LogP contribution < -0.4 is 10.6 Å². The molecule has 1 heterocycles. The first kappa shape index (κ1) is 16.9. The van der Waals surface area contributed by atoms with Gasteiger partial charge in [-0.15, -0.1) is 5.10 Å². The lowest BCUT2D eigenvalue weighted by molar-refractivity contribution is 0.867. The van der Waals surface area contributed by atoms with Crippen LogP contribution in [0.4, 0.5) is 23.1 Å². The van der Waals surface area contributed by atoms with Gasteiger partial charge in [0.1, 0.15) is 0 Å². The van der Waals surface area contributed by atoms with Gasteiger partial charge in [0.15, 0.2) is 5.82 Å². The monoisotopic (exact) mass is 333 g/mol. The van der Waals surface area contributed by atoms with Gasteiger partial charge in [-0.2, -0.15) is 10.1 Å². The minimum absolute atomic E-state index is 0.464. The van der Waals surface area contributed by atoms with E-state index in [0.717, 1.165) is 11.4 Å². The molecule has 0 unspecified atom stereocenters. The van der Waals surface area contributed by atoms with Crippen LogP contribution in [-0.2, 0) is 0 Å². The van der Waals surface area contributed by atoms with E-state index in [1.54, 1.807) is 6.20 Å². The minimum atomic E-state index is 0.464. The van der Waals surface area contributed by atoms with Crippen molar-refractivity contribution >= 4 is 23.1 Å². The quantitative estimate of drug-likeness (QED) is 0.680. The first-order valence-corrected chi connectivity index (χ1v) is 8.42. The maximum atomic E-state index is 4.48. The van der Waals surface area contributed by atoms with Crippen molar-refractivity contribution in [1.29, 1.82) is 0 Å². The van der Waals surface area contributed by atoms with Crippen LogP contribution in [0.15, 0.2) is 48.7 Å². The van der Waals surface area contributed by atoms with E-state index in [1.807, 2.05) is 18.2 Å². The van der Waals surface area contributed by atoms with Crippen LogP contribution in [0.2, 0.25) is 0 Å². The number of anilines is 4. The van der Waals surface area contributed by atoms with Gasteiger partial charge in [-0.05, 0) is 60.7 Å². The molecule has 0 aliphatic carbocycles. The van der Waals surface area contributed by atoms with E-state index < -0.39 is 0 Å². The fraction of sp³-hybridized carbons (Fsp3) is 0.250. The van der Waals surface area contributed by atoms with Gasteiger partial charge in [0.2, 0.25) is 5.95 Å². The average molecular weight is 333 g/mol. The molecule has 0 saturated heterocycles. The molecule has 0 saturated carbocycles. The maximum Gasteiger partial charge on any atom is 0.249 e. The first-order chi connectivity index (χ1) is 12.0. The van der Waals surface area contributed by atoms with Crippen molar-refractivity contribution in [2.75, 3.05) is 10.6 Å². The van der Waals surface area contributed by atoms with Crippen LogP contribution in [0, 0.1) is 13.8 Å². The Labute approximate surface area is 148 Å². The number of nitrogens with zero attached hydrogens (tertiary/aromatic N) is 3. The Morgan fingerprint density at radius 1 is 0.840 bits per heavy atom. The molecule has 0 radical (unpaired) electrons. The highest BCUT2D eigenvalue weighted by Crippen LogP contribution is 2.21. The summed E-state index contributed by atoms with van der Waals surface area (Å²) in [6, 6.07) is 14.5. The van der Waals surface area contributed by atoms with Crippen LogP contribution in [0.5, 0.6) is 0 Å². The molecule has 0 aliphatic heterocycles. The molecule has 1 aromatic heterocycles. The smallest absolute Gasteiger partial charge is 0.249 e. The summed E-state index contributed by atoms with van der Waals surface area (Å²) in [6.07, 6.45) is 1.61. The molecular formula is C20H23N5. The lowest BCUT2D eigenvalue weighted by Crippen LogP contribution is -2.02. The summed E-state index contributed by atoms with van der Waals surface area (Å²) in [6.45, 7) is 8.54. The molecule has 5 heteroatoms. The fourth-order valence-electron chi connectivity index (χ4n) is 2.46. The topological polar surface area (TPSA) is 62.7 Å². The number of hydrogen-bond acceptors (Lipinski definition) is 5. The van der Waals surface area contributed by atoms with E-state index >= 15 is 0 Å². The Kier molecular flexibility index (Phi) is 4.93. The van der Waals surface area contributed by atoms with Gasteiger partial charge in [-0.25, -0.2) is 0 Å². The van der Waals surface area contributed by atoms with Crippen molar-refractivity contribution < 1.29 is 0 Å². The highest BCUT2D eigenvalue weighted by molar-refractivity contribution is 5.60. The lowest BCUT2D eigenvalue weighted by Gasteiger charge is -2.10. The van der Waals surface area contributed by atoms with Gasteiger partial charge in [-0.3, -0.25) is 0 Å². The van der Waals surface area contributed by atoms with Gasteiger partial charge in [0.25, 0.3) is 0 Å². The molecule has 0 fully saturated rings. The summed E-state index contributed by atoms with van der Waals surface area (Å²) >= 11 is 0. The molecule has 0 atom stereocenters. The molecular weight excluding hydrogens is 310 g/mol. The molecule has 0 amide bonds. The van der Waals surface area contributed by atoms with Gasteiger partial charge >= 0.3 is 0 Å². The van der Waals surface area contributed by atoms with Crippen LogP contribution >= 0.6 is 0 Å². The predicted octanol–water partition coefficient (Wildman–Crippen LogP) is 5.10. The highest BCUT2D eigenvalue weighted by Gasteiger charge is 2.04. The minimum Gasteiger partial charge on any atom is -0.339 e. The van der Waals surface area contributed by atoms with E-state index in [-0.39, 0.29) is 0 Å². The summed E-state index contributed by atoms with van der Waals surface area (Å²) in [5, 5.41) is 14.5. The predicted molar refractivity (Wildman–Crippen MR) is 103 cm³/mol. The molecule has 5 nitrogen and oxygen atoms in total. The van der Waals surface area contributed by atoms with E-state index in [9.17, 15) is 0 Å². The normalized spacial score (nSPS) is 10.8. The molecule has 0 bridgehead atoms. The van der Waals surface area contributed by atoms with Crippen molar-refractivity contribution in [1.82, 2.24) is 15.2 Å². The van der Waals surface area contributed by atoms with E-state index in [1.165, 1.54) is 16.7 Å². The molecule has 25 heavy (non-hydrogen) atoms. The molecule has 3 rings (SSSR count). The molecule has 0 spiro atoms. The largest absolute Gasteiger partial charge is 0.339 e. The fourth-order valence-corrected chi connectivity index (χ4v) is 2.46. The third kappa shape index (κ3) is 4.32. The van der Waals surface area contributed by atoms with Crippen LogP contribution in [0.1, 0.15) is 36.5 Å². The SMILES string of the molecule is Cc1ccc(Nc2cnnc(Nc3ccc(C(C)C)cc3)n2)cc1C. The Morgan fingerprint density at radius 2 is 1.56 bits per heavy atom. The zero-order valence-corrected chi connectivity index (χ0v) is 15.0. The van der Waals surface area contributed by atoms with Gasteiger partial charge < -0.3 is 10.6 Å². The second-order valence-corrected chi connectivity index (χ2v) is 6.49. The molecule has 128 valence electrons. The van der Waals surface area contributed by atoms with Crippen molar-refractivity contribution in [3.63, 3.8) is 0 Å². The van der Waals surface area contributed by atoms with Crippen molar-refractivity contribution in [2.45, 2.75) is 33.6 Å². The zero-order valence-electron chi connectivity index (χ0n) is 15.0. The van der Waals surface area contributed by atoms with Crippen molar-refractivity contribution in [2.24, 2.45) is 0 Å². The van der Waals surface area contributed by atoms with Crippen molar-refractivity contribution in [3.05, 3.63) is 65.4 Å². The van der Waals surface area contributed by atoms with Crippen molar-refractivity contribution in [3.8, 4) is 0 Å². The Morgan fingerprint density at radius 3 is 2.24 bits per heavy atom. The van der Waals surface area contributed by atoms with E-state index in [4.69, 9.17) is 0 Å². The average Bonchev–Trinajstić information content (AvgIpc) is 2.59. The molecule has 2 aromatic carbocycles. The van der Waals surface area contributed by atoms with Crippen LogP contribution in [0.3, 0.4) is 0 Å². The molecule has 3 aromatic rings. The Balaban J connectivity index is 1.73. The number of nitrogens with one attached hydrogen (secondary N) is 2. The summed E-state index contributed by atoms with van der Waals surface area (Å²) in [4.78, 5) is 4.48. The number of aromatic nitrogens is 3. The summed E-state index contributed by atoms with van der Waals surface area (Å²) in [5.41, 5.74) is 5.72. The zero-order chi connectivity index (χ0) is 17.8. The number of hydrogen-bond donors (Lipinski definition) is 2. The summed E-state index contributed by atoms with van der Waals surface area (Å²) in [7, 11) is 0. The van der Waals surface area contributed by atoms with Crippen LogP contribution in [-0.4, -0.2) is 15.2 Å². The molecule has 0 aliphatic rings. The Bertz CT molecular complexity index is 856. The maximum absolute atomic E-state index is 4.48.